The third-order valence-electron chi connectivity index (χ3n) is 3.44. The first-order valence-corrected chi connectivity index (χ1v) is 5.75. The van der Waals surface area contributed by atoms with Gasteiger partial charge in [0.25, 0.3) is 0 Å². The summed E-state index contributed by atoms with van der Waals surface area (Å²) >= 11 is 0. The molecule has 1 aromatic heterocycles. The topological polar surface area (TPSA) is 54.7 Å². The first kappa shape index (κ1) is 10.7. The van der Waals surface area contributed by atoms with Gasteiger partial charge in [0.05, 0.1) is 5.52 Å². The van der Waals surface area contributed by atoms with Gasteiger partial charge in [-0.2, -0.15) is 0 Å². The van der Waals surface area contributed by atoms with Crippen molar-refractivity contribution >= 4 is 11.0 Å². The Hall–Kier alpha value is -1.49. The predicted molar refractivity (Wildman–Crippen MR) is 60.6 cm³/mol. The standard InChI is InChI=1S/C12H13F2N3/c13-6-4-8(14)11-10(5-6)16-12(17-11)7-2-1-3-9(7)15/h4-5,7,9H,1-3,15H2,(H,16,17). The number of hydrogen-bond acceptors (Lipinski definition) is 2. The summed E-state index contributed by atoms with van der Waals surface area (Å²) in [6.45, 7) is 0. The largest absolute Gasteiger partial charge is 0.342 e. The number of rotatable bonds is 1. The number of benzene rings is 1. The number of hydrogen-bond donors (Lipinski definition) is 2. The quantitative estimate of drug-likeness (QED) is 0.800. The van der Waals surface area contributed by atoms with E-state index >= 15 is 0 Å². The Kier molecular flexibility index (Phi) is 2.36. The lowest BCUT2D eigenvalue weighted by molar-refractivity contribution is 0.584. The second-order valence-corrected chi connectivity index (χ2v) is 4.61. The summed E-state index contributed by atoms with van der Waals surface area (Å²) < 4.78 is 26.5. The summed E-state index contributed by atoms with van der Waals surface area (Å²) in [6.07, 6.45) is 2.96. The third-order valence-corrected chi connectivity index (χ3v) is 3.44. The second-order valence-electron chi connectivity index (χ2n) is 4.61. The van der Waals surface area contributed by atoms with Crippen LogP contribution in [0.4, 0.5) is 8.78 Å². The van der Waals surface area contributed by atoms with Crippen LogP contribution in [-0.4, -0.2) is 16.0 Å². The second kappa shape index (κ2) is 3.77. The monoisotopic (exact) mass is 237 g/mol. The van der Waals surface area contributed by atoms with Crippen LogP contribution < -0.4 is 5.73 Å². The summed E-state index contributed by atoms with van der Waals surface area (Å²) in [6, 6.07) is 2.17. The fourth-order valence-corrected chi connectivity index (χ4v) is 2.57. The van der Waals surface area contributed by atoms with Gasteiger partial charge in [0, 0.05) is 18.0 Å². The zero-order chi connectivity index (χ0) is 12.0. The van der Waals surface area contributed by atoms with Gasteiger partial charge in [0.2, 0.25) is 0 Å². The summed E-state index contributed by atoms with van der Waals surface area (Å²) in [5.41, 5.74) is 6.57. The molecule has 0 radical (unpaired) electrons. The first-order chi connectivity index (χ1) is 8.15. The number of H-pyrrole nitrogens is 1. The van der Waals surface area contributed by atoms with Crippen molar-refractivity contribution in [3.05, 3.63) is 29.6 Å². The Morgan fingerprint density at radius 2 is 2.12 bits per heavy atom. The summed E-state index contributed by atoms with van der Waals surface area (Å²) in [5, 5.41) is 0. The number of aromatic nitrogens is 2. The number of imidazole rings is 1. The Labute approximate surface area is 97.0 Å². The number of fused-ring (bicyclic) bond motifs is 1. The minimum atomic E-state index is -0.630. The Bertz CT molecular complexity index is 564. The van der Waals surface area contributed by atoms with Crippen molar-refractivity contribution < 1.29 is 8.78 Å². The maximum Gasteiger partial charge on any atom is 0.153 e. The lowest BCUT2D eigenvalue weighted by Crippen LogP contribution is -2.23. The van der Waals surface area contributed by atoms with E-state index in [1.165, 1.54) is 6.07 Å². The maximum atomic E-state index is 13.5. The molecule has 2 atom stereocenters. The fraction of sp³-hybridized carbons (Fsp3) is 0.417. The molecule has 0 spiro atoms. The smallest absolute Gasteiger partial charge is 0.153 e. The zero-order valence-electron chi connectivity index (χ0n) is 9.21. The minimum absolute atomic E-state index is 0.0588. The highest BCUT2D eigenvalue weighted by Crippen LogP contribution is 2.33. The van der Waals surface area contributed by atoms with Crippen molar-refractivity contribution in [2.45, 2.75) is 31.2 Å². The molecule has 0 saturated heterocycles. The number of nitrogens with zero attached hydrogens (tertiary/aromatic N) is 1. The number of nitrogens with two attached hydrogens (primary N) is 1. The van der Waals surface area contributed by atoms with Crippen molar-refractivity contribution in [1.82, 2.24) is 9.97 Å². The minimum Gasteiger partial charge on any atom is -0.342 e. The molecule has 2 aromatic rings. The van der Waals surface area contributed by atoms with Crippen molar-refractivity contribution in [1.29, 1.82) is 0 Å². The van der Waals surface area contributed by atoms with E-state index in [0.717, 1.165) is 25.3 Å². The summed E-state index contributed by atoms with van der Waals surface area (Å²) in [4.78, 5) is 7.19. The molecule has 3 nitrogen and oxygen atoms in total. The zero-order valence-corrected chi connectivity index (χ0v) is 9.21. The molecule has 0 amide bonds. The molecule has 1 fully saturated rings. The number of aromatic amines is 1. The van der Waals surface area contributed by atoms with Gasteiger partial charge >= 0.3 is 0 Å². The van der Waals surface area contributed by atoms with Crippen molar-refractivity contribution in [3.8, 4) is 0 Å². The van der Waals surface area contributed by atoms with Crippen LogP contribution in [0.25, 0.3) is 11.0 Å². The highest BCUT2D eigenvalue weighted by molar-refractivity contribution is 5.75. The van der Waals surface area contributed by atoms with Crippen LogP contribution in [0.5, 0.6) is 0 Å². The van der Waals surface area contributed by atoms with Crippen LogP contribution in [0.15, 0.2) is 12.1 Å². The molecule has 90 valence electrons. The van der Waals surface area contributed by atoms with Crippen molar-refractivity contribution in [3.63, 3.8) is 0 Å². The molecule has 1 aliphatic rings. The predicted octanol–water partition coefficient (Wildman–Crippen LogP) is 2.44. The lowest BCUT2D eigenvalue weighted by atomic mass is 10.0. The van der Waals surface area contributed by atoms with Crippen molar-refractivity contribution in [2.24, 2.45) is 5.73 Å². The maximum absolute atomic E-state index is 13.5. The van der Waals surface area contributed by atoms with Gasteiger partial charge in [-0.05, 0) is 18.9 Å². The van der Waals surface area contributed by atoms with Gasteiger partial charge in [0.1, 0.15) is 17.2 Å². The molecule has 1 aromatic carbocycles. The molecule has 3 rings (SSSR count). The molecule has 1 saturated carbocycles. The van der Waals surface area contributed by atoms with Crippen LogP contribution in [0.2, 0.25) is 0 Å². The van der Waals surface area contributed by atoms with Gasteiger partial charge in [-0.25, -0.2) is 13.8 Å². The molecule has 5 heteroatoms. The Morgan fingerprint density at radius 1 is 1.29 bits per heavy atom. The first-order valence-electron chi connectivity index (χ1n) is 5.75. The van der Waals surface area contributed by atoms with Crippen LogP contribution in [0.1, 0.15) is 31.0 Å². The average Bonchev–Trinajstić information content (AvgIpc) is 2.83. The highest BCUT2D eigenvalue weighted by atomic mass is 19.1. The van der Waals surface area contributed by atoms with E-state index in [4.69, 9.17) is 5.73 Å². The van der Waals surface area contributed by atoms with Gasteiger partial charge in [-0.1, -0.05) is 6.42 Å². The molecule has 1 aliphatic carbocycles. The van der Waals surface area contributed by atoms with E-state index in [0.29, 0.717) is 11.3 Å². The molecule has 0 aliphatic heterocycles. The van der Waals surface area contributed by atoms with Crippen LogP contribution >= 0.6 is 0 Å². The van der Waals surface area contributed by atoms with E-state index < -0.39 is 11.6 Å². The van der Waals surface area contributed by atoms with E-state index in [1.807, 2.05) is 0 Å². The van der Waals surface area contributed by atoms with Gasteiger partial charge < -0.3 is 10.7 Å². The van der Waals surface area contributed by atoms with E-state index in [1.54, 1.807) is 0 Å². The van der Waals surface area contributed by atoms with Gasteiger partial charge in [-0.3, -0.25) is 0 Å². The Balaban J connectivity index is 2.10. The molecular formula is C12H13F2N3. The normalized spacial score (nSPS) is 24.6. The van der Waals surface area contributed by atoms with Crippen LogP contribution in [0.3, 0.4) is 0 Å². The van der Waals surface area contributed by atoms with Gasteiger partial charge in [-0.15, -0.1) is 0 Å². The van der Waals surface area contributed by atoms with Crippen molar-refractivity contribution in [2.75, 3.05) is 0 Å². The van der Waals surface area contributed by atoms with E-state index in [-0.39, 0.29) is 17.5 Å². The fourth-order valence-electron chi connectivity index (χ4n) is 2.57. The number of halogens is 2. The van der Waals surface area contributed by atoms with Gasteiger partial charge in [0.15, 0.2) is 5.82 Å². The molecular weight excluding hydrogens is 224 g/mol. The molecule has 3 N–H and O–H groups in total. The SMILES string of the molecule is NC1CCCC1c1nc2c(F)cc(F)cc2[nH]1. The summed E-state index contributed by atoms with van der Waals surface area (Å²) in [5.74, 6) is -0.422. The Morgan fingerprint density at radius 3 is 2.82 bits per heavy atom. The summed E-state index contributed by atoms with van der Waals surface area (Å²) in [7, 11) is 0. The number of nitrogens with one attached hydrogen (secondary N) is 1. The third kappa shape index (κ3) is 1.70. The molecule has 0 bridgehead atoms. The van der Waals surface area contributed by atoms with Crippen LogP contribution in [-0.2, 0) is 0 Å². The molecule has 1 heterocycles. The molecule has 17 heavy (non-hydrogen) atoms. The molecule has 2 unspecified atom stereocenters. The highest BCUT2D eigenvalue weighted by Gasteiger charge is 2.28. The van der Waals surface area contributed by atoms with E-state index in [2.05, 4.69) is 9.97 Å². The average molecular weight is 237 g/mol. The van der Waals surface area contributed by atoms with Crippen LogP contribution in [0, 0.1) is 11.6 Å². The lowest BCUT2D eigenvalue weighted by Gasteiger charge is -2.11. The van der Waals surface area contributed by atoms with E-state index in [9.17, 15) is 8.78 Å².